The van der Waals surface area contributed by atoms with E-state index < -0.39 is 10.6 Å². The van der Waals surface area contributed by atoms with Crippen LogP contribution in [0.15, 0.2) is 0 Å². The van der Waals surface area contributed by atoms with E-state index in [1.54, 1.807) is 6.92 Å². The van der Waals surface area contributed by atoms with Crippen LogP contribution in [0.3, 0.4) is 0 Å². The quantitative estimate of drug-likeness (QED) is 0.477. The topological polar surface area (TPSA) is 78.2 Å². The highest BCUT2D eigenvalue weighted by Gasteiger charge is 2.46. The Morgan fingerprint density at radius 3 is 2.71 bits per heavy atom. The molecule has 82 valence electrons. The molecule has 0 radical (unpaired) electrons. The second-order valence-corrected chi connectivity index (χ2v) is 4.25. The molecule has 3 atom stereocenters. The Bertz CT molecular complexity index is 232. The number of nitrogens with two attached hydrogens (primary N) is 1. The van der Waals surface area contributed by atoms with Crippen LogP contribution in [0.1, 0.15) is 20.8 Å². The molecule has 0 aromatic heterocycles. The molecule has 0 saturated carbocycles. The van der Waals surface area contributed by atoms with Gasteiger partial charge in [-0.15, -0.1) is 0 Å². The Hall–Kier alpha value is -0.490. The molecule has 0 bridgehead atoms. The van der Waals surface area contributed by atoms with Crippen molar-refractivity contribution in [1.82, 2.24) is 5.32 Å². The number of rotatable bonds is 2. The largest absolute Gasteiger partial charge is 0.624 e. The van der Waals surface area contributed by atoms with Crippen LogP contribution in [0.2, 0.25) is 0 Å². The van der Waals surface area contributed by atoms with Crippen LogP contribution in [0.5, 0.6) is 0 Å². The second kappa shape index (κ2) is 3.94. The first-order chi connectivity index (χ1) is 6.44. The average molecular weight is 201 g/mol. The van der Waals surface area contributed by atoms with Crippen molar-refractivity contribution < 1.29 is 9.44 Å². The Kier molecular flexibility index (Phi) is 3.26. The van der Waals surface area contributed by atoms with E-state index in [1.807, 2.05) is 13.8 Å². The molecular formula is C9H19N3O2. The third-order valence-corrected chi connectivity index (χ3v) is 2.89. The standard InChI is InChI=1S/C9H19N3O2/c1-6(2)9-11-5-7(3)12(9,14)8(13)4-10/h6-7,9,11H,4-5,10H2,1-3H3. The number of nitrogens with zero attached hydrogens (tertiary/aromatic N) is 1. The van der Waals surface area contributed by atoms with Crippen molar-refractivity contribution >= 4 is 5.91 Å². The normalized spacial score (nSPS) is 37.9. The lowest BCUT2D eigenvalue weighted by Gasteiger charge is -2.45. The van der Waals surface area contributed by atoms with Gasteiger partial charge in [0.1, 0.15) is 12.6 Å². The lowest BCUT2D eigenvalue weighted by Crippen LogP contribution is -2.60. The second-order valence-electron chi connectivity index (χ2n) is 4.25. The third-order valence-electron chi connectivity index (χ3n) is 2.89. The maximum atomic E-state index is 12.4. The first-order valence-corrected chi connectivity index (χ1v) is 5.00. The molecule has 1 aliphatic rings. The van der Waals surface area contributed by atoms with E-state index in [0.29, 0.717) is 6.54 Å². The summed E-state index contributed by atoms with van der Waals surface area (Å²) in [5.41, 5.74) is 5.27. The van der Waals surface area contributed by atoms with E-state index >= 15 is 0 Å². The number of hydrogen-bond acceptors (Lipinski definition) is 4. The van der Waals surface area contributed by atoms with E-state index in [-0.39, 0.29) is 24.7 Å². The number of nitrogens with one attached hydrogen (secondary N) is 1. The fourth-order valence-corrected chi connectivity index (χ4v) is 2.06. The van der Waals surface area contributed by atoms with Crippen molar-refractivity contribution in [2.75, 3.05) is 13.1 Å². The summed E-state index contributed by atoms with van der Waals surface area (Å²) in [5, 5.41) is 15.5. The maximum absolute atomic E-state index is 12.4. The summed E-state index contributed by atoms with van der Waals surface area (Å²) in [6, 6.07) is -0.238. The van der Waals surface area contributed by atoms with Crippen molar-refractivity contribution in [3.05, 3.63) is 5.21 Å². The molecule has 14 heavy (non-hydrogen) atoms. The molecule has 3 N–H and O–H groups in total. The molecule has 1 fully saturated rings. The first-order valence-electron chi connectivity index (χ1n) is 5.00. The summed E-state index contributed by atoms with van der Waals surface area (Å²) in [7, 11) is 0. The maximum Gasteiger partial charge on any atom is 0.328 e. The molecule has 5 heteroatoms. The van der Waals surface area contributed by atoms with Crippen LogP contribution in [0.4, 0.5) is 0 Å². The number of hydroxylamine groups is 3. The molecule has 0 aromatic rings. The SMILES string of the molecule is CC(C)C1NCC(C)[N+]1([O-])C(=O)CN. The highest BCUT2D eigenvalue weighted by atomic mass is 16.6. The van der Waals surface area contributed by atoms with Gasteiger partial charge in [-0.3, -0.25) is 9.96 Å². The van der Waals surface area contributed by atoms with E-state index in [0.717, 1.165) is 0 Å². The minimum atomic E-state index is -0.811. The van der Waals surface area contributed by atoms with E-state index in [2.05, 4.69) is 5.32 Å². The van der Waals surface area contributed by atoms with Crippen LogP contribution in [0.25, 0.3) is 0 Å². The zero-order valence-electron chi connectivity index (χ0n) is 8.99. The minimum Gasteiger partial charge on any atom is -0.624 e. The van der Waals surface area contributed by atoms with Crippen molar-refractivity contribution in [1.29, 1.82) is 0 Å². The minimum absolute atomic E-state index is 0.132. The van der Waals surface area contributed by atoms with Crippen molar-refractivity contribution in [2.45, 2.75) is 33.0 Å². The number of quaternary nitrogens is 1. The van der Waals surface area contributed by atoms with E-state index in [9.17, 15) is 10.0 Å². The molecule has 0 aliphatic carbocycles. The molecule has 1 saturated heterocycles. The fraction of sp³-hybridized carbons (Fsp3) is 0.889. The zero-order valence-corrected chi connectivity index (χ0v) is 8.99. The van der Waals surface area contributed by atoms with Gasteiger partial charge < -0.3 is 10.9 Å². The smallest absolute Gasteiger partial charge is 0.328 e. The van der Waals surface area contributed by atoms with Crippen molar-refractivity contribution in [3.63, 3.8) is 0 Å². The third kappa shape index (κ3) is 1.56. The highest BCUT2D eigenvalue weighted by molar-refractivity contribution is 5.71. The highest BCUT2D eigenvalue weighted by Crippen LogP contribution is 2.26. The molecule has 3 unspecified atom stereocenters. The predicted octanol–water partition coefficient (Wildman–Crippen LogP) is -0.240. The van der Waals surface area contributed by atoms with Crippen molar-refractivity contribution in [2.24, 2.45) is 11.7 Å². The Morgan fingerprint density at radius 1 is 1.71 bits per heavy atom. The van der Waals surface area contributed by atoms with Gasteiger partial charge in [0.05, 0.1) is 6.54 Å². The van der Waals surface area contributed by atoms with Gasteiger partial charge >= 0.3 is 5.91 Å². The number of carbonyl (C=O) groups excluding carboxylic acids is 1. The van der Waals surface area contributed by atoms with Crippen LogP contribution in [-0.4, -0.2) is 35.9 Å². The lowest BCUT2D eigenvalue weighted by atomic mass is 10.1. The van der Waals surface area contributed by atoms with Crippen LogP contribution in [-0.2, 0) is 4.79 Å². The van der Waals surface area contributed by atoms with Gasteiger partial charge in [-0.2, -0.15) is 0 Å². The van der Waals surface area contributed by atoms with Gasteiger partial charge in [0.15, 0.2) is 6.17 Å². The Labute approximate surface area is 84.4 Å². The van der Waals surface area contributed by atoms with E-state index in [4.69, 9.17) is 5.73 Å². The van der Waals surface area contributed by atoms with Gasteiger partial charge in [-0.1, -0.05) is 13.8 Å². The number of carbonyl (C=O) groups is 1. The van der Waals surface area contributed by atoms with Crippen LogP contribution >= 0.6 is 0 Å². The summed E-state index contributed by atoms with van der Waals surface area (Å²) >= 11 is 0. The molecule has 0 aromatic carbocycles. The number of amides is 1. The monoisotopic (exact) mass is 201 g/mol. The van der Waals surface area contributed by atoms with Gasteiger partial charge in [-0.05, 0) is 6.92 Å². The van der Waals surface area contributed by atoms with Gasteiger partial charge in [0.2, 0.25) is 0 Å². The Balaban J connectivity index is 2.95. The molecule has 1 amide bonds. The average Bonchev–Trinajstić information content (AvgIpc) is 2.43. The summed E-state index contributed by atoms with van der Waals surface area (Å²) in [5.74, 6) is -0.297. The van der Waals surface area contributed by atoms with Gasteiger partial charge in [0.25, 0.3) is 0 Å². The molecule has 5 nitrogen and oxygen atoms in total. The molecule has 1 aliphatic heterocycles. The molecule has 1 rings (SSSR count). The van der Waals surface area contributed by atoms with Gasteiger partial charge in [-0.25, -0.2) is 4.79 Å². The predicted molar refractivity (Wildman–Crippen MR) is 53.8 cm³/mol. The summed E-state index contributed by atoms with van der Waals surface area (Å²) < 4.78 is -0.811. The fourth-order valence-electron chi connectivity index (χ4n) is 2.06. The Morgan fingerprint density at radius 2 is 2.29 bits per heavy atom. The lowest BCUT2D eigenvalue weighted by molar-refractivity contribution is -0.844. The van der Waals surface area contributed by atoms with Crippen LogP contribution < -0.4 is 11.1 Å². The zero-order chi connectivity index (χ0) is 10.9. The van der Waals surface area contributed by atoms with Gasteiger partial charge in [0, 0.05) is 5.92 Å². The summed E-state index contributed by atoms with van der Waals surface area (Å²) in [6.07, 6.45) is -0.346. The van der Waals surface area contributed by atoms with E-state index in [1.165, 1.54) is 0 Å². The molecule has 0 spiro atoms. The summed E-state index contributed by atoms with van der Waals surface area (Å²) in [6.45, 7) is 6.06. The molecule has 1 heterocycles. The van der Waals surface area contributed by atoms with Crippen molar-refractivity contribution in [3.8, 4) is 0 Å². The number of hydrogen-bond donors (Lipinski definition) is 2. The first kappa shape index (κ1) is 11.6. The molecular weight excluding hydrogens is 182 g/mol. The van der Waals surface area contributed by atoms with Crippen LogP contribution in [0, 0.1) is 11.1 Å². The summed E-state index contributed by atoms with van der Waals surface area (Å²) in [4.78, 5) is 11.6.